The van der Waals surface area contributed by atoms with Crippen LogP contribution in [0.3, 0.4) is 0 Å². The van der Waals surface area contributed by atoms with Crippen molar-refractivity contribution in [3.8, 4) is 0 Å². The van der Waals surface area contributed by atoms with E-state index in [-0.39, 0.29) is 12.5 Å². The summed E-state index contributed by atoms with van der Waals surface area (Å²) in [6.07, 6.45) is 1.14. The molecule has 1 aliphatic carbocycles. The van der Waals surface area contributed by atoms with Gasteiger partial charge in [0, 0.05) is 12.1 Å². The van der Waals surface area contributed by atoms with E-state index in [1.807, 2.05) is 0 Å². The lowest BCUT2D eigenvalue weighted by molar-refractivity contribution is -0.143. The molecule has 2 N–H and O–H groups in total. The largest absolute Gasteiger partial charge is 0.481 e. The topological polar surface area (TPSA) is 66.4 Å². The van der Waals surface area contributed by atoms with Crippen molar-refractivity contribution in [3.63, 3.8) is 0 Å². The standard InChI is InChI=1S/C15H18FNO3/c1-14(2,10-5-3-4-6-11(10)16)12(18)17-9-15(7-8-15)13(19)20/h3-6H,7-9H2,1-2H3,(H,17,18)(H,19,20). The summed E-state index contributed by atoms with van der Waals surface area (Å²) in [5, 5.41) is 11.7. The fourth-order valence-corrected chi connectivity index (χ4v) is 2.18. The van der Waals surface area contributed by atoms with Gasteiger partial charge in [-0.2, -0.15) is 0 Å². The Balaban J connectivity index is 2.08. The molecule has 0 heterocycles. The van der Waals surface area contributed by atoms with Crippen LogP contribution in [0.5, 0.6) is 0 Å². The molecule has 1 saturated carbocycles. The summed E-state index contributed by atoms with van der Waals surface area (Å²) in [5.74, 6) is -1.69. The van der Waals surface area contributed by atoms with Crippen LogP contribution in [0.2, 0.25) is 0 Å². The van der Waals surface area contributed by atoms with E-state index in [9.17, 15) is 14.0 Å². The molecule has 0 radical (unpaired) electrons. The molecule has 1 amide bonds. The second kappa shape index (κ2) is 4.89. The number of amides is 1. The number of carboxylic acids is 1. The van der Waals surface area contributed by atoms with Gasteiger partial charge in [-0.05, 0) is 32.8 Å². The Morgan fingerprint density at radius 2 is 1.95 bits per heavy atom. The second-order valence-corrected chi connectivity index (χ2v) is 5.87. The van der Waals surface area contributed by atoms with Crippen LogP contribution < -0.4 is 5.32 Å². The summed E-state index contributed by atoms with van der Waals surface area (Å²) in [6.45, 7) is 3.35. The van der Waals surface area contributed by atoms with Crippen LogP contribution in [0.25, 0.3) is 0 Å². The molecule has 108 valence electrons. The average molecular weight is 279 g/mol. The minimum Gasteiger partial charge on any atom is -0.481 e. The summed E-state index contributed by atoms with van der Waals surface area (Å²) < 4.78 is 13.8. The molecule has 1 fully saturated rings. The lowest BCUT2D eigenvalue weighted by Crippen LogP contribution is -2.44. The summed E-state index contributed by atoms with van der Waals surface area (Å²) in [5.41, 5.74) is -1.56. The van der Waals surface area contributed by atoms with E-state index in [1.54, 1.807) is 32.0 Å². The first-order valence-corrected chi connectivity index (χ1v) is 6.56. The van der Waals surface area contributed by atoms with Crippen molar-refractivity contribution in [2.24, 2.45) is 5.41 Å². The summed E-state index contributed by atoms with van der Waals surface area (Å²) in [4.78, 5) is 23.3. The zero-order valence-electron chi connectivity index (χ0n) is 11.6. The van der Waals surface area contributed by atoms with Gasteiger partial charge < -0.3 is 10.4 Å². The van der Waals surface area contributed by atoms with E-state index in [0.717, 1.165) is 0 Å². The number of hydrogen-bond acceptors (Lipinski definition) is 2. The van der Waals surface area contributed by atoms with E-state index in [1.165, 1.54) is 6.07 Å². The van der Waals surface area contributed by atoms with Crippen molar-refractivity contribution in [3.05, 3.63) is 35.6 Å². The van der Waals surface area contributed by atoms with Crippen molar-refractivity contribution in [2.75, 3.05) is 6.54 Å². The van der Waals surface area contributed by atoms with Gasteiger partial charge in [-0.1, -0.05) is 18.2 Å². The van der Waals surface area contributed by atoms with Gasteiger partial charge in [0.15, 0.2) is 0 Å². The molecule has 0 bridgehead atoms. The number of carbonyl (C=O) groups excluding carboxylic acids is 1. The van der Waals surface area contributed by atoms with E-state index in [0.29, 0.717) is 18.4 Å². The summed E-state index contributed by atoms with van der Waals surface area (Å²) in [7, 11) is 0. The molecule has 0 atom stereocenters. The zero-order valence-corrected chi connectivity index (χ0v) is 11.6. The SMILES string of the molecule is CC(C)(C(=O)NCC1(C(=O)O)CC1)c1ccccc1F. The number of benzene rings is 1. The molecule has 1 aliphatic rings. The van der Waals surface area contributed by atoms with Crippen LogP contribution >= 0.6 is 0 Å². The van der Waals surface area contributed by atoms with E-state index < -0.39 is 22.6 Å². The Morgan fingerprint density at radius 1 is 1.35 bits per heavy atom. The Labute approximate surface area is 117 Å². The highest BCUT2D eigenvalue weighted by molar-refractivity contribution is 5.88. The van der Waals surface area contributed by atoms with Crippen molar-refractivity contribution >= 4 is 11.9 Å². The van der Waals surface area contributed by atoms with Gasteiger partial charge in [0.05, 0.1) is 10.8 Å². The van der Waals surface area contributed by atoms with Gasteiger partial charge >= 0.3 is 5.97 Å². The molecule has 0 saturated heterocycles. The predicted molar refractivity (Wildman–Crippen MR) is 71.7 cm³/mol. The lowest BCUT2D eigenvalue weighted by atomic mass is 9.83. The van der Waals surface area contributed by atoms with Gasteiger partial charge in [-0.25, -0.2) is 4.39 Å². The molecule has 4 nitrogen and oxygen atoms in total. The number of rotatable bonds is 5. The monoisotopic (exact) mass is 279 g/mol. The molecular formula is C15H18FNO3. The first-order chi connectivity index (χ1) is 9.29. The molecule has 0 aromatic heterocycles. The van der Waals surface area contributed by atoms with Crippen molar-refractivity contribution in [2.45, 2.75) is 32.1 Å². The fourth-order valence-electron chi connectivity index (χ4n) is 2.18. The van der Waals surface area contributed by atoms with Crippen molar-refractivity contribution in [1.29, 1.82) is 0 Å². The highest BCUT2D eigenvalue weighted by atomic mass is 19.1. The van der Waals surface area contributed by atoms with Crippen molar-refractivity contribution in [1.82, 2.24) is 5.32 Å². The summed E-state index contributed by atoms with van der Waals surface area (Å²) >= 11 is 0. The fraction of sp³-hybridized carbons (Fsp3) is 0.467. The predicted octanol–water partition coefficient (Wildman–Crippen LogP) is 2.08. The molecule has 0 spiro atoms. The highest BCUT2D eigenvalue weighted by Gasteiger charge is 2.50. The lowest BCUT2D eigenvalue weighted by Gasteiger charge is -2.25. The second-order valence-electron chi connectivity index (χ2n) is 5.87. The van der Waals surface area contributed by atoms with Gasteiger partial charge in [0.1, 0.15) is 5.82 Å². The maximum absolute atomic E-state index is 13.8. The molecule has 2 rings (SSSR count). The minimum absolute atomic E-state index is 0.0963. The normalized spacial score (nSPS) is 16.6. The van der Waals surface area contributed by atoms with Crippen LogP contribution in [0.15, 0.2) is 24.3 Å². The zero-order chi connectivity index (χ0) is 15.0. The number of carbonyl (C=O) groups is 2. The molecule has 5 heteroatoms. The molecule has 1 aromatic carbocycles. The number of nitrogens with one attached hydrogen (secondary N) is 1. The third-order valence-electron chi connectivity index (χ3n) is 4.01. The smallest absolute Gasteiger partial charge is 0.311 e. The van der Waals surface area contributed by atoms with Gasteiger partial charge in [-0.15, -0.1) is 0 Å². The Morgan fingerprint density at radius 3 is 2.45 bits per heavy atom. The maximum Gasteiger partial charge on any atom is 0.311 e. The molecular weight excluding hydrogens is 261 g/mol. The highest BCUT2D eigenvalue weighted by Crippen LogP contribution is 2.45. The van der Waals surface area contributed by atoms with E-state index in [2.05, 4.69) is 5.32 Å². The quantitative estimate of drug-likeness (QED) is 0.867. The van der Waals surface area contributed by atoms with Gasteiger partial charge in [-0.3, -0.25) is 9.59 Å². The molecule has 0 aliphatic heterocycles. The first-order valence-electron chi connectivity index (χ1n) is 6.56. The van der Waals surface area contributed by atoms with Crippen LogP contribution in [0.4, 0.5) is 4.39 Å². The number of aliphatic carboxylic acids is 1. The van der Waals surface area contributed by atoms with E-state index >= 15 is 0 Å². The third-order valence-corrected chi connectivity index (χ3v) is 4.01. The van der Waals surface area contributed by atoms with E-state index in [4.69, 9.17) is 5.11 Å². The van der Waals surface area contributed by atoms with Crippen molar-refractivity contribution < 1.29 is 19.1 Å². The third kappa shape index (κ3) is 2.53. The maximum atomic E-state index is 13.8. The molecule has 20 heavy (non-hydrogen) atoms. The first kappa shape index (κ1) is 14.5. The Hall–Kier alpha value is -1.91. The molecule has 0 unspecified atom stereocenters. The number of hydrogen-bond donors (Lipinski definition) is 2. The van der Waals surface area contributed by atoms with Crippen LogP contribution in [-0.2, 0) is 15.0 Å². The van der Waals surface area contributed by atoms with Gasteiger partial charge in [0.2, 0.25) is 5.91 Å². The number of carboxylic acid groups (broad SMARTS) is 1. The Kier molecular flexibility index (Phi) is 3.54. The summed E-state index contributed by atoms with van der Waals surface area (Å²) in [6, 6.07) is 6.12. The molecule has 1 aromatic rings. The average Bonchev–Trinajstić information content (AvgIpc) is 3.17. The minimum atomic E-state index is -1.04. The van der Waals surface area contributed by atoms with Crippen LogP contribution in [0, 0.1) is 11.2 Å². The Bertz CT molecular complexity index is 550. The van der Waals surface area contributed by atoms with Crippen LogP contribution in [-0.4, -0.2) is 23.5 Å². The number of halogens is 1. The van der Waals surface area contributed by atoms with Crippen LogP contribution in [0.1, 0.15) is 32.3 Å². The van der Waals surface area contributed by atoms with Gasteiger partial charge in [0.25, 0.3) is 0 Å².